The Kier molecular flexibility index (Phi) is 4.97. The van der Waals surface area contributed by atoms with E-state index in [2.05, 4.69) is 0 Å². The Bertz CT molecular complexity index is 377. The number of benzene rings is 1. The van der Waals surface area contributed by atoms with E-state index < -0.39 is 0 Å². The molecule has 1 aromatic rings. The van der Waals surface area contributed by atoms with Gasteiger partial charge in [0, 0.05) is 30.9 Å². The second-order valence-corrected chi connectivity index (χ2v) is 4.21. The first kappa shape index (κ1) is 13.5. The second kappa shape index (κ2) is 6.25. The summed E-state index contributed by atoms with van der Waals surface area (Å²) in [6.45, 7) is 5.09. The van der Waals surface area contributed by atoms with Crippen molar-refractivity contribution in [2.75, 3.05) is 26.0 Å². The maximum atomic E-state index is 12.3. The van der Waals surface area contributed by atoms with Gasteiger partial charge in [0.2, 0.25) is 0 Å². The zero-order valence-corrected chi connectivity index (χ0v) is 10.6. The largest absolute Gasteiger partial charge is 0.399 e. The van der Waals surface area contributed by atoms with E-state index in [9.17, 15) is 4.79 Å². The zero-order valence-electron chi connectivity index (χ0n) is 10.6. The van der Waals surface area contributed by atoms with Gasteiger partial charge in [-0.05, 0) is 32.0 Å². The minimum atomic E-state index is -0.00986. The molecule has 94 valence electrons. The fraction of sp³-hybridized carbons (Fsp3) is 0.462. The van der Waals surface area contributed by atoms with Crippen molar-refractivity contribution in [2.24, 2.45) is 0 Å². The number of hydrogen-bond acceptors (Lipinski definition) is 3. The molecule has 0 saturated carbocycles. The number of hydrogen-bond donors (Lipinski definition) is 1. The van der Waals surface area contributed by atoms with Crippen LogP contribution in [0.5, 0.6) is 0 Å². The Morgan fingerprint density at radius 1 is 1.47 bits per heavy atom. The summed E-state index contributed by atoms with van der Waals surface area (Å²) < 4.78 is 5.01. The highest BCUT2D eigenvalue weighted by atomic mass is 16.5. The van der Waals surface area contributed by atoms with Gasteiger partial charge >= 0.3 is 0 Å². The number of amides is 1. The first-order valence-electron chi connectivity index (χ1n) is 5.71. The molecule has 0 bridgehead atoms. The first-order valence-corrected chi connectivity index (χ1v) is 5.71. The lowest BCUT2D eigenvalue weighted by Gasteiger charge is -2.26. The van der Waals surface area contributed by atoms with Crippen LogP contribution in [0.1, 0.15) is 24.2 Å². The average molecular weight is 236 g/mol. The molecular formula is C13H20N2O2. The molecule has 0 aromatic heterocycles. The topological polar surface area (TPSA) is 55.6 Å². The summed E-state index contributed by atoms with van der Waals surface area (Å²) in [5, 5.41) is 0. The quantitative estimate of drug-likeness (QED) is 0.793. The van der Waals surface area contributed by atoms with Gasteiger partial charge in [-0.1, -0.05) is 6.07 Å². The van der Waals surface area contributed by atoms with Crippen LogP contribution in [0.15, 0.2) is 24.3 Å². The van der Waals surface area contributed by atoms with Crippen LogP contribution in [-0.2, 0) is 4.74 Å². The number of nitrogen functional groups attached to an aromatic ring is 1. The molecule has 1 aromatic carbocycles. The number of nitrogens with zero attached hydrogens (tertiary/aromatic N) is 1. The minimum Gasteiger partial charge on any atom is -0.399 e. The summed E-state index contributed by atoms with van der Waals surface area (Å²) in [5.41, 5.74) is 6.90. The Morgan fingerprint density at radius 3 is 2.71 bits per heavy atom. The Morgan fingerprint density at radius 2 is 2.18 bits per heavy atom. The standard InChI is InChI=1S/C13H20N2O2/c1-10(2)15(7-8-17-3)13(16)11-5-4-6-12(14)9-11/h4-6,9-10H,7-8,14H2,1-3H3. The van der Waals surface area contributed by atoms with Crippen molar-refractivity contribution in [3.8, 4) is 0 Å². The van der Waals surface area contributed by atoms with E-state index in [1.807, 2.05) is 13.8 Å². The second-order valence-electron chi connectivity index (χ2n) is 4.21. The number of ether oxygens (including phenoxy) is 1. The molecule has 0 fully saturated rings. The van der Waals surface area contributed by atoms with Crippen molar-refractivity contribution in [1.29, 1.82) is 0 Å². The van der Waals surface area contributed by atoms with Crippen molar-refractivity contribution in [1.82, 2.24) is 4.90 Å². The van der Waals surface area contributed by atoms with Crippen LogP contribution < -0.4 is 5.73 Å². The predicted molar refractivity (Wildman–Crippen MR) is 68.9 cm³/mol. The number of carbonyl (C=O) groups is 1. The molecule has 0 aliphatic heterocycles. The number of carbonyl (C=O) groups excluding carboxylic acids is 1. The van der Waals surface area contributed by atoms with Crippen molar-refractivity contribution >= 4 is 11.6 Å². The molecule has 0 saturated heterocycles. The van der Waals surface area contributed by atoms with Crippen LogP contribution in [0.2, 0.25) is 0 Å². The number of nitrogens with two attached hydrogens (primary N) is 1. The molecule has 0 radical (unpaired) electrons. The lowest BCUT2D eigenvalue weighted by Crippen LogP contribution is -2.39. The fourth-order valence-corrected chi connectivity index (χ4v) is 1.62. The van der Waals surface area contributed by atoms with Crippen molar-refractivity contribution in [3.05, 3.63) is 29.8 Å². The molecule has 2 N–H and O–H groups in total. The van der Waals surface area contributed by atoms with Crippen LogP contribution in [0, 0.1) is 0 Å². The van der Waals surface area contributed by atoms with Crippen LogP contribution in [0.3, 0.4) is 0 Å². The fourth-order valence-electron chi connectivity index (χ4n) is 1.62. The van der Waals surface area contributed by atoms with Gasteiger partial charge in [0.15, 0.2) is 0 Å². The maximum Gasteiger partial charge on any atom is 0.254 e. The first-order chi connectivity index (χ1) is 8.06. The molecule has 0 spiro atoms. The molecule has 17 heavy (non-hydrogen) atoms. The van der Waals surface area contributed by atoms with Crippen LogP contribution in [-0.4, -0.2) is 37.1 Å². The van der Waals surface area contributed by atoms with Crippen molar-refractivity contribution < 1.29 is 9.53 Å². The molecule has 0 unspecified atom stereocenters. The molecule has 1 rings (SSSR count). The van der Waals surface area contributed by atoms with Gasteiger partial charge in [0.1, 0.15) is 0 Å². The van der Waals surface area contributed by atoms with E-state index in [1.54, 1.807) is 36.3 Å². The molecule has 0 heterocycles. The molecule has 0 aliphatic carbocycles. The highest BCUT2D eigenvalue weighted by Crippen LogP contribution is 2.11. The average Bonchev–Trinajstić information content (AvgIpc) is 2.29. The van der Waals surface area contributed by atoms with Crippen molar-refractivity contribution in [3.63, 3.8) is 0 Å². The van der Waals surface area contributed by atoms with Gasteiger partial charge in [-0.3, -0.25) is 4.79 Å². The van der Waals surface area contributed by atoms with Gasteiger partial charge in [0.25, 0.3) is 5.91 Å². The van der Waals surface area contributed by atoms with E-state index in [0.717, 1.165) is 0 Å². The monoisotopic (exact) mass is 236 g/mol. The Labute approximate surface area is 102 Å². The summed E-state index contributed by atoms with van der Waals surface area (Å²) in [5.74, 6) is -0.00986. The Balaban J connectivity index is 2.84. The summed E-state index contributed by atoms with van der Waals surface area (Å²) in [4.78, 5) is 14.0. The van der Waals surface area contributed by atoms with Crippen molar-refractivity contribution in [2.45, 2.75) is 19.9 Å². The number of anilines is 1. The smallest absolute Gasteiger partial charge is 0.254 e. The lowest BCUT2D eigenvalue weighted by molar-refractivity contribution is 0.0635. The molecule has 0 aliphatic rings. The van der Waals surface area contributed by atoms with Gasteiger partial charge in [-0.15, -0.1) is 0 Å². The van der Waals surface area contributed by atoms with Gasteiger partial charge in [-0.2, -0.15) is 0 Å². The highest BCUT2D eigenvalue weighted by Gasteiger charge is 2.18. The molecule has 0 atom stereocenters. The number of rotatable bonds is 5. The highest BCUT2D eigenvalue weighted by molar-refractivity contribution is 5.95. The van der Waals surface area contributed by atoms with Gasteiger partial charge in [-0.25, -0.2) is 0 Å². The third-order valence-corrected chi connectivity index (χ3v) is 2.55. The normalized spacial score (nSPS) is 10.6. The van der Waals surface area contributed by atoms with E-state index in [1.165, 1.54) is 0 Å². The third kappa shape index (κ3) is 3.75. The Hall–Kier alpha value is -1.55. The van der Waals surface area contributed by atoms with E-state index >= 15 is 0 Å². The van der Waals surface area contributed by atoms with Crippen LogP contribution in [0.25, 0.3) is 0 Å². The predicted octanol–water partition coefficient (Wildman–Crippen LogP) is 1.77. The van der Waals surface area contributed by atoms with E-state index in [4.69, 9.17) is 10.5 Å². The maximum absolute atomic E-state index is 12.3. The van der Waals surface area contributed by atoms with Gasteiger partial charge < -0.3 is 15.4 Å². The van der Waals surface area contributed by atoms with Crippen LogP contribution in [0.4, 0.5) is 5.69 Å². The van der Waals surface area contributed by atoms with E-state index in [-0.39, 0.29) is 11.9 Å². The molecule has 4 nitrogen and oxygen atoms in total. The van der Waals surface area contributed by atoms with Gasteiger partial charge in [0.05, 0.1) is 6.61 Å². The molecular weight excluding hydrogens is 216 g/mol. The minimum absolute atomic E-state index is 0.00986. The number of methoxy groups -OCH3 is 1. The summed E-state index contributed by atoms with van der Waals surface area (Å²) in [6, 6.07) is 7.17. The molecule has 1 amide bonds. The third-order valence-electron chi connectivity index (χ3n) is 2.55. The van der Waals surface area contributed by atoms with E-state index in [0.29, 0.717) is 24.4 Å². The summed E-state index contributed by atoms with van der Waals surface area (Å²) in [6.07, 6.45) is 0. The zero-order chi connectivity index (χ0) is 12.8. The summed E-state index contributed by atoms with van der Waals surface area (Å²) >= 11 is 0. The molecule has 4 heteroatoms. The summed E-state index contributed by atoms with van der Waals surface area (Å²) in [7, 11) is 1.63. The lowest BCUT2D eigenvalue weighted by atomic mass is 10.1. The SMILES string of the molecule is COCCN(C(=O)c1cccc(N)c1)C(C)C. The van der Waals surface area contributed by atoms with Crippen LogP contribution >= 0.6 is 0 Å².